The Balaban J connectivity index is 1.95. The SMILES string of the molecule is CCCC(CCC)S(=O)(=O)C(C[C@H](C)c1ccccc1)C(N)(NC(=O)O[C@H]1CCOC1)C(=O)OCNCc1cccc(OC)c1. The van der Waals surface area contributed by atoms with Gasteiger partial charge in [-0.1, -0.05) is 76.1 Å². The van der Waals surface area contributed by atoms with Crippen LogP contribution in [-0.2, 0) is 35.4 Å². The van der Waals surface area contributed by atoms with Crippen molar-refractivity contribution in [1.29, 1.82) is 0 Å². The fraction of sp³-hybridized carbons (Fsp3) is 0.576. The van der Waals surface area contributed by atoms with Crippen LogP contribution >= 0.6 is 0 Å². The Bertz CT molecular complexity index is 1310. The second kappa shape index (κ2) is 17.5. The summed E-state index contributed by atoms with van der Waals surface area (Å²) < 4.78 is 50.6. The maximum atomic E-state index is 14.5. The van der Waals surface area contributed by atoms with Crippen LogP contribution in [0.1, 0.15) is 76.3 Å². The molecule has 0 radical (unpaired) electrons. The van der Waals surface area contributed by atoms with Crippen LogP contribution in [-0.4, -0.2) is 69.8 Å². The van der Waals surface area contributed by atoms with E-state index in [-0.39, 0.29) is 25.7 Å². The molecule has 0 aliphatic carbocycles. The van der Waals surface area contributed by atoms with E-state index >= 15 is 0 Å². The minimum atomic E-state index is -4.10. The van der Waals surface area contributed by atoms with Gasteiger partial charge in [0.2, 0.25) is 5.66 Å². The molecule has 4 N–H and O–H groups in total. The van der Waals surface area contributed by atoms with Crippen LogP contribution in [0.4, 0.5) is 4.79 Å². The number of rotatable bonds is 18. The predicted molar refractivity (Wildman–Crippen MR) is 172 cm³/mol. The van der Waals surface area contributed by atoms with E-state index in [0.29, 0.717) is 51.0 Å². The van der Waals surface area contributed by atoms with Gasteiger partial charge in [-0.25, -0.2) is 18.0 Å². The summed E-state index contributed by atoms with van der Waals surface area (Å²) in [5.74, 6) is -0.726. The number of hydrogen-bond donors (Lipinski definition) is 3. The third-order valence-electron chi connectivity index (χ3n) is 8.10. The molecule has 1 aliphatic heterocycles. The summed E-state index contributed by atoms with van der Waals surface area (Å²) in [5, 5.41) is 3.20. The van der Waals surface area contributed by atoms with Crippen LogP contribution in [0.15, 0.2) is 54.6 Å². The lowest BCUT2D eigenvalue weighted by Crippen LogP contribution is -2.71. The number of nitrogens with two attached hydrogens (primary N) is 1. The second-order valence-electron chi connectivity index (χ2n) is 11.6. The molecule has 3 rings (SSSR count). The molecule has 1 heterocycles. The second-order valence-corrected chi connectivity index (χ2v) is 14.0. The maximum Gasteiger partial charge on any atom is 0.409 e. The molecule has 0 spiro atoms. The zero-order valence-corrected chi connectivity index (χ0v) is 27.6. The summed E-state index contributed by atoms with van der Waals surface area (Å²) >= 11 is 0. The van der Waals surface area contributed by atoms with Crippen molar-refractivity contribution in [1.82, 2.24) is 10.6 Å². The van der Waals surface area contributed by atoms with Gasteiger partial charge >= 0.3 is 12.1 Å². The molecular formula is C33H49N3O8S. The molecule has 1 fully saturated rings. The largest absolute Gasteiger partial charge is 0.497 e. The Kier molecular flexibility index (Phi) is 14.1. The van der Waals surface area contributed by atoms with Crippen molar-refractivity contribution in [2.75, 3.05) is 27.1 Å². The molecule has 2 aromatic rings. The highest BCUT2D eigenvalue weighted by Gasteiger charge is 2.54. The van der Waals surface area contributed by atoms with Crippen LogP contribution in [0.3, 0.4) is 0 Å². The number of nitrogens with one attached hydrogen (secondary N) is 2. The molecule has 1 amide bonds. The van der Waals surface area contributed by atoms with Crippen molar-refractivity contribution in [2.24, 2.45) is 5.73 Å². The van der Waals surface area contributed by atoms with Crippen molar-refractivity contribution in [3.8, 4) is 5.75 Å². The molecular weight excluding hydrogens is 598 g/mol. The quantitative estimate of drug-likeness (QED) is 0.120. The maximum absolute atomic E-state index is 14.5. The van der Waals surface area contributed by atoms with Gasteiger partial charge in [0.05, 0.1) is 25.6 Å². The number of amides is 1. The molecule has 250 valence electrons. The number of hydrogen-bond acceptors (Lipinski definition) is 10. The highest BCUT2D eigenvalue weighted by atomic mass is 32.2. The lowest BCUT2D eigenvalue weighted by atomic mass is 9.91. The Morgan fingerprint density at radius 2 is 1.80 bits per heavy atom. The van der Waals surface area contributed by atoms with Crippen molar-refractivity contribution in [3.63, 3.8) is 0 Å². The third kappa shape index (κ3) is 10.2. The zero-order chi connectivity index (χ0) is 32.9. The number of carbonyl (C=O) groups is 2. The van der Waals surface area contributed by atoms with Gasteiger partial charge in [0.1, 0.15) is 23.8 Å². The van der Waals surface area contributed by atoms with Gasteiger partial charge in [-0.15, -0.1) is 0 Å². The van der Waals surface area contributed by atoms with E-state index in [9.17, 15) is 18.0 Å². The average molecular weight is 648 g/mol. The number of benzene rings is 2. The van der Waals surface area contributed by atoms with Crippen LogP contribution in [0, 0.1) is 0 Å². The standard InChI is InChI=1S/C33H49N3O8S/c1-5-11-29(12-6-2)45(39,40)30(19-24(3)26-14-8-7-9-15-26)33(34,36-32(38)44-28-17-18-42-22-28)31(37)43-23-35-21-25-13-10-16-27(20-25)41-4/h7-10,13-16,20,24,28-30,35H,5-6,11-12,17-19,21-23,34H2,1-4H3,(H,36,38)/t24-,28-,30?,33?/m0/s1. The molecule has 11 nitrogen and oxygen atoms in total. The van der Waals surface area contributed by atoms with Gasteiger partial charge in [-0.2, -0.15) is 0 Å². The van der Waals surface area contributed by atoms with Gasteiger partial charge in [0.25, 0.3) is 0 Å². The normalized spacial score (nSPS) is 17.7. The van der Waals surface area contributed by atoms with E-state index in [1.807, 2.05) is 75.4 Å². The Morgan fingerprint density at radius 3 is 2.42 bits per heavy atom. The minimum Gasteiger partial charge on any atom is -0.497 e. The third-order valence-corrected chi connectivity index (χ3v) is 10.9. The summed E-state index contributed by atoms with van der Waals surface area (Å²) in [6.07, 6.45) is 0.922. The van der Waals surface area contributed by atoms with Gasteiger partial charge in [-0.3, -0.25) is 16.4 Å². The van der Waals surface area contributed by atoms with Gasteiger partial charge in [0.15, 0.2) is 9.84 Å². The summed E-state index contributed by atoms with van der Waals surface area (Å²) in [4.78, 5) is 27.1. The van der Waals surface area contributed by atoms with Gasteiger partial charge in [0, 0.05) is 13.0 Å². The van der Waals surface area contributed by atoms with Crippen molar-refractivity contribution < 1.29 is 37.0 Å². The van der Waals surface area contributed by atoms with Crippen molar-refractivity contribution in [2.45, 2.75) is 94.0 Å². The topological polar surface area (TPSA) is 155 Å². The number of alkyl carbamates (subject to hydrolysis) is 1. The summed E-state index contributed by atoms with van der Waals surface area (Å²) in [7, 11) is -2.53. The molecule has 2 aromatic carbocycles. The monoisotopic (exact) mass is 647 g/mol. The highest BCUT2D eigenvalue weighted by Crippen LogP contribution is 2.33. The lowest BCUT2D eigenvalue weighted by Gasteiger charge is -2.38. The average Bonchev–Trinajstić information content (AvgIpc) is 3.54. The fourth-order valence-electron chi connectivity index (χ4n) is 5.60. The first kappa shape index (κ1) is 36.3. The zero-order valence-electron chi connectivity index (χ0n) is 26.8. The minimum absolute atomic E-state index is 0.0358. The molecule has 45 heavy (non-hydrogen) atoms. The van der Waals surface area contributed by atoms with E-state index in [1.54, 1.807) is 7.11 Å². The van der Waals surface area contributed by atoms with Crippen LogP contribution in [0.2, 0.25) is 0 Å². The fourth-order valence-corrected chi connectivity index (χ4v) is 8.42. The molecule has 2 unspecified atom stereocenters. The lowest BCUT2D eigenvalue weighted by molar-refractivity contribution is -0.152. The molecule has 4 atom stereocenters. The molecule has 0 aromatic heterocycles. The van der Waals surface area contributed by atoms with Crippen LogP contribution < -0.4 is 21.1 Å². The van der Waals surface area contributed by atoms with E-state index in [2.05, 4.69) is 10.6 Å². The van der Waals surface area contributed by atoms with Gasteiger partial charge < -0.3 is 18.9 Å². The molecule has 12 heteroatoms. The smallest absolute Gasteiger partial charge is 0.409 e. The van der Waals surface area contributed by atoms with Crippen LogP contribution in [0.5, 0.6) is 5.75 Å². The summed E-state index contributed by atoms with van der Waals surface area (Å²) in [5.41, 5.74) is 6.10. The summed E-state index contributed by atoms with van der Waals surface area (Å²) in [6, 6.07) is 16.8. The summed E-state index contributed by atoms with van der Waals surface area (Å²) in [6.45, 7) is 6.38. The molecule has 0 saturated carbocycles. The number of ether oxygens (including phenoxy) is 4. The number of carbonyl (C=O) groups excluding carboxylic acids is 2. The molecule has 1 saturated heterocycles. The van der Waals surface area contributed by atoms with E-state index in [1.165, 1.54) is 0 Å². The van der Waals surface area contributed by atoms with Crippen molar-refractivity contribution >= 4 is 21.9 Å². The van der Waals surface area contributed by atoms with E-state index < -0.39 is 44.2 Å². The number of sulfone groups is 1. The van der Waals surface area contributed by atoms with E-state index in [4.69, 9.17) is 24.7 Å². The Hall–Kier alpha value is -3.19. The molecule has 1 aliphatic rings. The van der Waals surface area contributed by atoms with E-state index in [0.717, 1.165) is 11.1 Å². The molecule has 0 bridgehead atoms. The predicted octanol–water partition coefficient (Wildman–Crippen LogP) is 4.40. The Labute approximate surface area is 267 Å². The Morgan fingerprint density at radius 1 is 1.09 bits per heavy atom. The first-order valence-electron chi connectivity index (χ1n) is 15.7. The first-order valence-corrected chi connectivity index (χ1v) is 17.3. The highest BCUT2D eigenvalue weighted by molar-refractivity contribution is 7.92. The van der Waals surface area contributed by atoms with Gasteiger partial charge in [-0.05, 0) is 48.4 Å². The number of methoxy groups -OCH3 is 1. The van der Waals surface area contributed by atoms with Crippen LogP contribution in [0.25, 0.3) is 0 Å². The number of esters is 1. The van der Waals surface area contributed by atoms with Crippen molar-refractivity contribution in [3.05, 3.63) is 65.7 Å². The first-order chi connectivity index (χ1) is 21.5.